The number of hydrogen-bond acceptors (Lipinski definition) is 5. The molecule has 2 aromatic carbocycles. The van der Waals surface area contributed by atoms with E-state index in [9.17, 15) is 13.2 Å². The zero-order chi connectivity index (χ0) is 21.0. The number of benzene rings is 2. The highest BCUT2D eigenvalue weighted by molar-refractivity contribution is 7.89. The molecule has 9 heteroatoms. The van der Waals surface area contributed by atoms with Gasteiger partial charge in [-0.1, -0.05) is 17.7 Å². The summed E-state index contributed by atoms with van der Waals surface area (Å²) in [5.41, 5.74) is 1.54. The third kappa shape index (κ3) is 4.80. The molecule has 1 heterocycles. The Morgan fingerprint density at radius 2 is 1.48 bits per heavy atom. The maximum absolute atomic E-state index is 12.8. The van der Waals surface area contributed by atoms with E-state index in [-0.39, 0.29) is 24.0 Å². The second-order valence-corrected chi connectivity index (χ2v) is 8.67. The van der Waals surface area contributed by atoms with Gasteiger partial charge in [0, 0.05) is 50.1 Å². The first-order valence-electron chi connectivity index (χ1n) is 9.19. The minimum absolute atomic E-state index is 0.241. The number of nitrogens with one attached hydrogen (secondary N) is 1. The minimum atomic E-state index is -3.56. The quantitative estimate of drug-likeness (QED) is 0.805. The fraction of sp³-hybridized carbons (Fsp3) is 0.350. The maximum atomic E-state index is 12.8. The van der Waals surface area contributed by atoms with Gasteiger partial charge in [0.05, 0.1) is 19.1 Å². The molecule has 0 radical (unpaired) electrons. The van der Waals surface area contributed by atoms with Gasteiger partial charge >= 0.3 is 6.03 Å². The number of carbonyl (C=O) groups excluding carboxylic acids is 1. The Hall–Kier alpha value is -2.78. The average Bonchev–Trinajstić information content (AvgIpc) is 2.73. The van der Waals surface area contributed by atoms with Gasteiger partial charge in [0.1, 0.15) is 11.5 Å². The van der Waals surface area contributed by atoms with Gasteiger partial charge in [0.2, 0.25) is 10.0 Å². The van der Waals surface area contributed by atoms with Crippen LogP contribution in [0.25, 0.3) is 0 Å². The van der Waals surface area contributed by atoms with Crippen LogP contribution in [0.15, 0.2) is 47.4 Å². The van der Waals surface area contributed by atoms with Crippen LogP contribution in [0.4, 0.5) is 10.5 Å². The summed E-state index contributed by atoms with van der Waals surface area (Å²) >= 11 is 0. The van der Waals surface area contributed by atoms with E-state index in [1.54, 1.807) is 47.4 Å². The van der Waals surface area contributed by atoms with Crippen LogP contribution in [0.2, 0.25) is 0 Å². The first kappa shape index (κ1) is 20.9. The Balaban J connectivity index is 1.63. The van der Waals surface area contributed by atoms with Gasteiger partial charge in [-0.05, 0) is 19.1 Å². The van der Waals surface area contributed by atoms with Crippen LogP contribution in [0.1, 0.15) is 5.56 Å². The molecule has 3 rings (SSSR count). The van der Waals surface area contributed by atoms with Crippen LogP contribution < -0.4 is 14.8 Å². The molecule has 0 atom stereocenters. The third-order valence-electron chi connectivity index (χ3n) is 4.79. The Labute approximate surface area is 171 Å². The predicted molar refractivity (Wildman–Crippen MR) is 110 cm³/mol. The maximum Gasteiger partial charge on any atom is 0.321 e. The van der Waals surface area contributed by atoms with Gasteiger partial charge in [-0.25, -0.2) is 13.2 Å². The van der Waals surface area contributed by atoms with Crippen LogP contribution in [-0.2, 0) is 10.0 Å². The first-order valence-corrected chi connectivity index (χ1v) is 10.6. The van der Waals surface area contributed by atoms with E-state index in [4.69, 9.17) is 9.47 Å². The largest absolute Gasteiger partial charge is 0.497 e. The summed E-state index contributed by atoms with van der Waals surface area (Å²) < 4.78 is 37.4. The summed E-state index contributed by atoms with van der Waals surface area (Å²) in [7, 11) is -0.491. The lowest BCUT2D eigenvalue weighted by atomic mass is 10.2. The normalized spacial score (nSPS) is 15.1. The predicted octanol–water partition coefficient (Wildman–Crippen LogP) is 2.55. The lowest BCUT2D eigenvalue weighted by Gasteiger charge is -2.34. The van der Waals surface area contributed by atoms with E-state index in [1.807, 2.05) is 6.92 Å². The number of nitrogens with zero attached hydrogens (tertiary/aromatic N) is 2. The topological polar surface area (TPSA) is 88.2 Å². The van der Waals surface area contributed by atoms with Crippen molar-refractivity contribution in [2.24, 2.45) is 0 Å². The molecule has 0 aliphatic carbocycles. The highest BCUT2D eigenvalue weighted by atomic mass is 32.2. The molecule has 29 heavy (non-hydrogen) atoms. The zero-order valence-electron chi connectivity index (χ0n) is 16.7. The van der Waals surface area contributed by atoms with E-state index >= 15 is 0 Å². The minimum Gasteiger partial charge on any atom is -0.497 e. The highest BCUT2D eigenvalue weighted by Gasteiger charge is 2.30. The van der Waals surface area contributed by atoms with Crippen LogP contribution in [0.5, 0.6) is 11.5 Å². The Morgan fingerprint density at radius 1 is 0.931 bits per heavy atom. The van der Waals surface area contributed by atoms with Gasteiger partial charge in [0.15, 0.2) is 0 Å². The van der Waals surface area contributed by atoms with Gasteiger partial charge < -0.3 is 19.7 Å². The molecule has 2 amide bonds. The number of anilines is 1. The van der Waals surface area contributed by atoms with Gasteiger partial charge in [-0.2, -0.15) is 4.31 Å². The molecule has 0 saturated carbocycles. The van der Waals surface area contributed by atoms with Gasteiger partial charge in [-0.15, -0.1) is 0 Å². The highest BCUT2D eigenvalue weighted by Crippen LogP contribution is 2.26. The smallest absolute Gasteiger partial charge is 0.321 e. The number of sulfonamides is 1. The number of ether oxygens (including phenoxy) is 2. The molecule has 2 aromatic rings. The van der Waals surface area contributed by atoms with Crippen molar-refractivity contribution in [3.05, 3.63) is 48.0 Å². The van der Waals surface area contributed by atoms with E-state index in [1.165, 1.54) is 18.5 Å². The van der Waals surface area contributed by atoms with Crippen LogP contribution in [0.3, 0.4) is 0 Å². The number of methoxy groups -OCH3 is 2. The van der Waals surface area contributed by atoms with E-state index in [0.29, 0.717) is 30.3 Å². The lowest BCUT2D eigenvalue weighted by molar-refractivity contribution is 0.184. The summed E-state index contributed by atoms with van der Waals surface area (Å²) in [4.78, 5) is 14.5. The SMILES string of the molecule is COc1cc(NC(=O)N2CCN(S(=O)(=O)c3ccc(C)cc3)CC2)cc(OC)c1. The Kier molecular flexibility index (Phi) is 6.29. The van der Waals surface area contributed by atoms with Crippen molar-refractivity contribution in [2.45, 2.75) is 11.8 Å². The second-order valence-electron chi connectivity index (χ2n) is 6.74. The molecule has 0 spiro atoms. The molecule has 1 fully saturated rings. The van der Waals surface area contributed by atoms with Crippen molar-refractivity contribution in [2.75, 3.05) is 45.7 Å². The first-order chi connectivity index (χ1) is 13.8. The number of rotatable bonds is 5. The molecule has 0 aromatic heterocycles. The zero-order valence-corrected chi connectivity index (χ0v) is 17.5. The Morgan fingerprint density at radius 3 is 2.00 bits per heavy atom. The van der Waals surface area contributed by atoms with Crippen molar-refractivity contribution < 1.29 is 22.7 Å². The summed E-state index contributed by atoms with van der Waals surface area (Å²) in [5.74, 6) is 1.13. The number of piperazine rings is 1. The molecule has 0 bridgehead atoms. The van der Waals surface area contributed by atoms with Crippen molar-refractivity contribution in [1.29, 1.82) is 0 Å². The Bertz CT molecular complexity index is 946. The number of aryl methyl sites for hydroxylation is 1. The molecule has 1 aliphatic heterocycles. The molecule has 156 valence electrons. The van der Waals surface area contributed by atoms with Gasteiger partial charge in [-0.3, -0.25) is 0 Å². The van der Waals surface area contributed by atoms with Crippen molar-refractivity contribution in [3.8, 4) is 11.5 Å². The summed E-state index contributed by atoms with van der Waals surface area (Å²) in [6, 6.07) is 11.6. The summed E-state index contributed by atoms with van der Waals surface area (Å²) in [5, 5.41) is 2.81. The van der Waals surface area contributed by atoms with E-state index in [0.717, 1.165) is 5.56 Å². The molecule has 1 aliphatic rings. The molecule has 1 saturated heterocycles. The number of amides is 2. The van der Waals surface area contributed by atoms with Crippen molar-refractivity contribution in [1.82, 2.24) is 9.21 Å². The van der Waals surface area contributed by atoms with Crippen molar-refractivity contribution in [3.63, 3.8) is 0 Å². The van der Waals surface area contributed by atoms with E-state index < -0.39 is 10.0 Å². The standard InChI is InChI=1S/C20H25N3O5S/c1-15-4-6-19(7-5-15)29(25,26)23-10-8-22(9-11-23)20(24)21-16-12-17(27-2)14-18(13-16)28-3/h4-7,12-14H,8-11H2,1-3H3,(H,21,24). The molecule has 1 N–H and O–H groups in total. The van der Waals surface area contributed by atoms with Crippen LogP contribution in [0, 0.1) is 6.92 Å². The molecule has 0 unspecified atom stereocenters. The lowest BCUT2D eigenvalue weighted by Crippen LogP contribution is -2.51. The molecular formula is C20H25N3O5S. The number of urea groups is 1. The monoisotopic (exact) mass is 419 g/mol. The van der Waals surface area contributed by atoms with E-state index in [2.05, 4.69) is 5.32 Å². The van der Waals surface area contributed by atoms with Crippen LogP contribution in [-0.4, -0.2) is 64.1 Å². The average molecular weight is 420 g/mol. The fourth-order valence-corrected chi connectivity index (χ4v) is 4.50. The van der Waals surface area contributed by atoms with Crippen LogP contribution >= 0.6 is 0 Å². The van der Waals surface area contributed by atoms with Gasteiger partial charge in [0.25, 0.3) is 0 Å². The summed E-state index contributed by atoms with van der Waals surface area (Å²) in [6.07, 6.45) is 0. The summed E-state index contributed by atoms with van der Waals surface area (Å²) in [6.45, 7) is 3.00. The molecular weight excluding hydrogens is 394 g/mol. The number of carbonyl (C=O) groups is 1. The molecule has 8 nitrogen and oxygen atoms in total. The third-order valence-corrected chi connectivity index (χ3v) is 6.70. The second kappa shape index (κ2) is 8.71. The fourth-order valence-electron chi connectivity index (χ4n) is 3.07. The van der Waals surface area contributed by atoms with Crippen molar-refractivity contribution >= 4 is 21.7 Å². The number of hydrogen-bond donors (Lipinski definition) is 1.